The molecule has 0 bridgehead atoms. The Morgan fingerprint density at radius 3 is 3.08 bits per heavy atom. The van der Waals surface area contributed by atoms with Crippen molar-refractivity contribution in [2.75, 3.05) is 6.61 Å². The summed E-state index contributed by atoms with van der Waals surface area (Å²) in [7, 11) is 1.80. The van der Waals surface area contributed by atoms with Crippen LogP contribution in [0.2, 0.25) is 0 Å². The van der Waals surface area contributed by atoms with Crippen LogP contribution in [0.5, 0.6) is 0 Å². The molecule has 1 heterocycles. The number of aryl methyl sites for hydroxylation is 1. The van der Waals surface area contributed by atoms with Crippen LogP contribution in [0.25, 0.3) is 0 Å². The topological polar surface area (TPSA) is 30.2 Å². The van der Waals surface area contributed by atoms with Crippen LogP contribution in [0.15, 0.2) is 37.1 Å². The minimum absolute atomic E-state index is 0.244. The summed E-state index contributed by atoms with van der Waals surface area (Å²) >= 11 is 0. The Morgan fingerprint density at radius 2 is 2.46 bits per heavy atom. The van der Waals surface area contributed by atoms with Crippen LogP contribution in [-0.4, -0.2) is 12.6 Å². The van der Waals surface area contributed by atoms with Gasteiger partial charge in [-0.05, 0) is 6.07 Å². The average Bonchev–Trinajstić information content (AvgIpc) is 2.15. The number of ether oxygens (including phenoxy) is 1. The van der Waals surface area contributed by atoms with E-state index in [4.69, 9.17) is 4.74 Å². The fourth-order valence-electron chi connectivity index (χ4n) is 0.944. The highest BCUT2D eigenvalue weighted by molar-refractivity contribution is 5.85. The first-order chi connectivity index (χ1) is 6.25. The second kappa shape index (κ2) is 4.40. The number of pyridine rings is 1. The Morgan fingerprint density at radius 1 is 1.69 bits per heavy atom. The molecule has 0 saturated carbocycles. The standard InChI is InChI=1S/C10H12NO2/c1-3-8-13-10(12)9-6-4-5-7-11(9)2/h3-7H,1,8H2,2H3/q+1. The molecular formula is C10H12NO2+. The molecule has 0 radical (unpaired) electrons. The zero-order chi connectivity index (χ0) is 9.68. The number of hydrogen-bond donors (Lipinski definition) is 0. The first-order valence-corrected chi connectivity index (χ1v) is 3.98. The van der Waals surface area contributed by atoms with E-state index >= 15 is 0 Å². The van der Waals surface area contributed by atoms with Crippen molar-refractivity contribution in [2.24, 2.45) is 7.05 Å². The van der Waals surface area contributed by atoms with E-state index in [0.29, 0.717) is 5.69 Å². The van der Waals surface area contributed by atoms with Gasteiger partial charge in [0, 0.05) is 12.1 Å². The predicted molar refractivity (Wildman–Crippen MR) is 48.1 cm³/mol. The Hall–Kier alpha value is -1.64. The van der Waals surface area contributed by atoms with E-state index in [1.165, 1.54) is 0 Å². The molecule has 0 spiro atoms. The molecule has 0 aromatic carbocycles. The third kappa shape index (κ3) is 2.40. The van der Waals surface area contributed by atoms with Gasteiger partial charge in [0.15, 0.2) is 6.20 Å². The molecule has 0 atom stereocenters. The number of hydrogen-bond acceptors (Lipinski definition) is 2. The van der Waals surface area contributed by atoms with Gasteiger partial charge >= 0.3 is 5.97 Å². The zero-order valence-electron chi connectivity index (χ0n) is 7.56. The summed E-state index contributed by atoms with van der Waals surface area (Å²) in [5.41, 5.74) is 0.532. The van der Waals surface area contributed by atoms with Gasteiger partial charge in [0.25, 0.3) is 5.69 Å². The van der Waals surface area contributed by atoms with Gasteiger partial charge in [-0.2, -0.15) is 4.57 Å². The summed E-state index contributed by atoms with van der Waals surface area (Å²) in [6.45, 7) is 3.71. The lowest BCUT2D eigenvalue weighted by atomic mass is 10.3. The Bertz CT molecular complexity index is 320. The van der Waals surface area contributed by atoms with Gasteiger partial charge in [0.1, 0.15) is 13.7 Å². The molecule has 0 fully saturated rings. The van der Waals surface area contributed by atoms with Crippen LogP contribution < -0.4 is 4.57 Å². The Labute approximate surface area is 77.3 Å². The van der Waals surface area contributed by atoms with Gasteiger partial charge in [-0.25, -0.2) is 4.79 Å². The van der Waals surface area contributed by atoms with Crippen LogP contribution in [0.4, 0.5) is 0 Å². The normalized spacial score (nSPS) is 9.31. The summed E-state index contributed by atoms with van der Waals surface area (Å²) in [5.74, 6) is -0.331. The molecule has 68 valence electrons. The van der Waals surface area contributed by atoms with Crippen molar-refractivity contribution in [3.63, 3.8) is 0 Å². The molecule has 0 N–H and O–H groups in total. The number of esters is 1. The van der Waals surface area contributed by atoms with Crippen molar-refractivity contribution >= 4 is 5.97 Å². The maximum Gasteiger partial charge on any atom is 0.403 e. The van der Waals surface area contributed by atoms with Gasteiger partial charge in [-0.1, -0.05) is 12.7 Å². The van der Waals surface area contributed by atoms with E-state index in [1.54, 1.807) is 36.0 Å². The fraction of sp³-hybridized carbons (Fsp3) is 0.200. The second-order valence-corrected chi connectivity index (χ2v) is 2.58. The highest BCUT2D eigenvalue weighted by Gasteiger charge is 2.15. The zero-order valence-corrected chi connectivity index (χ0v) is 7.56. The van der Waals surface area contributed by atoms with Crippen molar-refractivity contribution in [3.8, 4) is 0 Å². The van der Waals surface area contributed by atoms with Gasteiger partial charge in [-0.3, -0.25) is 0 Å². The summed E-state index contributed by atoms with van der Waals surface area (Å²) in [5, 5.41) is 0. The lowest BCUT2D eigenvalue weighted by Gasteiger charge is -1.98. The van der Waals surface area contributed by atoms with E-state index in [0.717, 1.165) is 0 Å². The minimum Gasteiger partial charge on any atom is -0.454 e. The van der Waals surface area contributed by atoms with E-state index < -0.39 is 0 Å². The second-order valence-electron chi connectivity index (χ2n) is 2.58. The van der Waals surface area contributed by atoms with Crippen molar-refractivity contribution in [3.05, 3.63) is 42.7 Å². The number of aromatic nitrogens is 1. The molecule has 3 nitrogen and oxygen atoms in total. The molecular weight excluding hydrogens is 166 g/mol. The molecule has 3 heteroatoms. The van der Waals surface area contributed by atoms with Crippen LogP contribution >= 0.6 is 0 Å². The Kier molecular flexibility index (Phi) is 3.20. The SMILES string of the molecule is C=CCOC(=O)c1cccc[n+]1C. The lowest BCUT2D eigenvalue weighted by molar-refractivity contribution is -0.674. The van der Waals surface area contributed by atoms with Crippen molar-refractivity contribution in [1.29, 1.82) is 0 Å². The maximum atomic E-state index is 11.3. The van der Waals surface area contributed by atoms with Gasteiger partial charge in [0.2, 0.25) is 0 Å². The molecule has 0 aliphatic rings. The van der Waals surface area contributed by atoms with E-state index in [-0.39, 0.29) is 12.6 Å². The highest BCUT2D eigenvalue weighted by Crippen LogP contribution is 1.94. The summed E-state index contributed by atoms with van der Waals surface area (Å²) < 4.78 is 6.59. The monoisotopic (exact) mass is 178 g/mol. The number of nitrogens with zero attached hydrogens (tertiary/aromatic N) is 1. The lowest BCUT2D eigenvalue weighted by Crippen LogP contribution is -2.36. The fourth-order valence-corrected chi connectivity index (χ4v) is 0.944. The quantitative estimate of drug-likeness (QED) is 0.390. The molecule has 0 amide bonds. The molecule has 0 aliphatic heterocycles. The van der Waals surface area contributed by atoms with E-state index in [1.807, 2.05) is 6.07 Å². The van der Waals surface area contributed by atoms with Crippen molar-refractivity contribution < 1.29 is 14.1 Å². The molecule has 13 heavy (non-hydrogen) atoms. The largest absolute Gasteiger partial charge is 0.454 e. The molecule has 1 aromatic rings. The first-order valence-electron chi connectivity index (χ1n) is 3.98. The van der Waals surface area contributed by atoms with Gasteiger partial charge in [-0.15, -0.1) is 0 Å². The highest BCUT2D eigenvalue weighted by atomic mass is 16.5. The smallest absolute Gasteiger partial charge is 0.403 e. The van der Waals surface area contributed by atoms with Gasteiger partial charge < -0.3 is 4.74 Å². The van der Waals surface area contributed by atoms with E-state index in [9.17, 15) is 4.79 Å². The summed E-state index contributed by atoms with van der Waals surface area (Å²) in [6, 6.07) is 5.36. The minimum atomic E-state index is -0.331. The first kappa shape index (κ1) is 9.45. The van der Waals surface area contributed by atoms with Crippen LogP contribution in [0.1, 0.15) is 10.5 Å². The van der Waals surface area contributed by atoms with Gasteiger partial charge in [0.05, 0.1) is 0 Å². The molecule has 0 saturated heterocycles. The molecule has 1 aromatic heterocycles. The number of carbonyl (C=O) groups is 1. The third-order valence-electron chi connectivity index (χ3n) is 1.60. The molecule has 0 aliphatic carbocycles. The molecule has 1 rings (SSSR count). The van der Waals surface area contributed by atoms with Crippen LogP contribution in [-0.2, 0) is 11.8 Å². The van der Waals surface area contributed by atoms with Crippen molar-refractivity contribution in [2.45, 2.75) is 0 Å². The van der Waals surface area contributed by atoms with Crippen molar-refractivity contribution in [1.82, 2.24) is 0 Å². The summed E-state index contributed by atoms with van der Waals surface area (Å²) in [4.78, 5) is 11.3. The predicted octanol–water partition coefficient (Wildman–Crippen LogP) is 0.854. The number of carbonyl (C=O) groups excluding carboxylic acids is 1. The van der Waals surface area contributed by atoms with Crippen LogP contribution in [0, 0.1) is 0 Å². The maximum absolute atomic E-state index is 11.3. The van der Waals surface area contributed by atoms with E-state index in [2.05, 4.69) is 6.58 Å². The summed E-state index contributed by atoms with van der Waals surface area (Å²) in [6.07, 6.45) is 3.34. The Balaban J connectivity index is 2.76. The third-order valence-corrected chi connectivity index (χ3v) is 1.60. The molecule has 0 unspecified atom stereocenters. The average molecular weight is 178 g/mol. The van der Waals surface area contributed by atoms with Crippen LogP contribution in [0.3, 0.4) is 0 Å². The number of rotatable bonds is 3.